The molecule has 0 aromatic heterocycles. The summed E-state index contributed by atoms with van der Waals surface area (Å²) in [5.74, 6) is 0.310. The number of piperidine rings is 1. The largest absolute Gasteiger partial charge is 0.298 e. The van der Waals surface area contributed by atoms with Crippen molar-refractivity contribution in [2.24, 2.45) is 0 Å². The van der Waals surface area contributed by atoms with Crippen molar-refractivity contribution in [3.05, 3.63) is 76.9 Å². The molecule has 4 rings (SSSR count). The van der Waals surface area contributed by atoms with Crippen molar-refractivity contribution in [1.82, 2.24) is 4.90 Å². The number of Topliss-reactive ketones (excluding diaryl/α,β-unsaturated/α-hetero) is 1. The Morgan fingerprint density at radius 1 is 1.00 bits per heavy atom. The molecule has 0 bridgehead atoms. The highest BCUT2D eigenvalue weighted by Gasteiger charge is 2.25. The number of hydrogen-bond donors (Lipinski definition) is 0. The zero-order valence-electron chi connectivity index (χ0n) is 15.6. The fourth-order valence-corrected chi connectivity index (χ4v) is 4.51. The molecule has 1 unspecified atom stereocenters. The Morgan fingerprint density at radius 3 is 2.23 bits per heavy atom. The number of rotatable bonds is 3. The molecular weight excluding hydrogens is 318 g/mol. The van der Waals surface area contributed by atoms with Gasteiger partial charge in [0, 0.05) is 6.54 Å². The molecule has 134 valence electrons. The second kappa shape index (κ2) is 7.59. The molecule has 1 heterocycles. The Kier molecular flexibility index (Phi) is 5.03. The molecule has 0 saturated carbocycles. The number of likely N-dealkylation sites (tertiary alicyclic amines) is 1. The van der Waals surface area contributed by atoms with Gasteiger partial charge in [0.15, 0.2) is 0 Å². The lowest BCUT2D eigenvalue weighted by Gasteiger charge is -2.33. The van der Waals surface area contributed by atoms with Crippen LogP contribution in [0.25, 0.3) is 5.57 Å². The first-order valence-corrected chi connectivity index (χ1v) is 9.85. The third-order valence-electron chi connectivity index (χ3n) is 5.89. The third kappa shape index (κ3) is 3.39. The Hall–Kier alpha value is -2.19. The Bertz CT molecular complexity index is 786. The van der Waals surface area contributed by atoms with Crippen LogP contribution in [0.15, 0.2) is 54.6 Å². The van der Waals surface area contributed by atoms with Crippen LogP contribution in [0.4, 0.5) is 0 Å². The van der Waals surface area contributed by atoms with E-state index in [1.807, 2.05) is 0 Å². The number of benzene rings is 2. The van der Waals surface area contributed by atoms with Crippen molar-refractivity contribution >= 4 is 11.4 Å². The minimum absolute atomic E-state index is 0.0943. The van der Waals surface area contributed by atoms with Crippen LogP contribution in [0.3, 0.4) is 0 Å². The van der Waals surface area contributed by atoms with Gasteiger partial charge in [-0.25, -0.2) is 0 Å². The maximum Gasteiger partial charge on any atom is 0.146 e. The molecule has 1 atom stereocenters. The van der Waals surface area contributed by atoms with Gasteiger partial charge >= 0.3 is 0 Å². The van der Waals surface area contributed by atoms with Crippen LogP contribution in [0.5, 0.6) is 0 Å². The first kappa shape index (κ1) is 17.2. The van der Waals surface area contributed by atoms with Crippen LogP contribution < -0.4 is 0 Å². The number of hydrogen-bond acceptors (Lipinski definition) is 2. The van der Waals surface area contributed by atoms with E-state index in [1.165, 1.54) is 40.7 Å². The summed E-state index contributed by atoms with van der Waals surface area (Å²) in [7, 11) is 0. The lowest BCUT2D eigenvalue weighted by Crippen LogP contribution is -2.43. The molecule has 2 aromatic rings. The van der Waals surface area contributed by atoms with Gasteiger partial charge in [-0.2, -0.15) is 0 Å². The molecule has 1 aliphatic heterocycles. The SMILES string of the molecule is CC(=O)C1CCCCN1CC=C1c2ccccc2CCc2ccccc21. The molecule has 1 aliphatic carbocycles. The van der Waals surface area contributed by atoms with E-state index < -0.39 is 0 Å². The summed E-state index contributed by atoms with van der Waals surface area (Å²) in [4.78, 5) is 14.4. The molecule has 2 heteroatoms. The summed E-state index contributed by atoms with van der Waals surface area (Å²) in [6.07, 6.45) is 7.91. The minimum atomic E-state index is 0.0943. The van der Waals surface area contributed by atoms with E-state index in [4.69, 9.17) is 0 Å². The highest BCUT2D eigenvalue weighted by molar-refractivity contribution is 5.84. The zero-order valence-corrected chi connectivity index (χ0v) is 15.6. The van der Waals surface area contributed by atoms with Gasteiger partial charge in [0.05, 0.1) is 6.04 Å². The van der Waals surface area contributed by atoms with Gasteiger partial charge in [-0.3, -0.25) is 9.69 Å². The summed E-state index contributed by atoms with van der Waals surface area (Å²) in [5.41, 5.74) is 6.90. The highest BCUT2D eigenvalue weighted by atomic mass is 16.1. The number of ketones is 1. The van der Waals surface area contributed by atoms with E-state index in [-0.39, 0.29) is 6.04 Å². The van der Waals surface area contributed by atoms with E-state index in [1.54, 1.807) is 6.92 Å². The first-order chi connectivity index (χ1) is 12.7. The molecule has 0 amide bonds. The van der Waals surface area contributed by atoms with E-state index in [9.17, 15) is 4.79 Å². The molecule has 0 N–H and O–H groups in total. The standard InChI is InChI=1S/C24H27NO/c1-18(26)24-12-6-7-16-25(24)17-15-23-21-10-4-2-8-19(21)13-14-20-9-3-5-11-22(20)23/h2-5,8-11,15,24H,6-7,12-14,16-17H2,1H3. The highest BCUT2D eigenvalue weighted by Crippen LogP contribution is 2.33. The maximum atomic E-state index is 12.0. The molecule has 2 aromatic carbocycles. The van der Waals surface area contributed by atoms with E-state index in [2.05, 4.69) is 59.5 Å². The summed E-state index contributed by atoms with van der Waals surface area (Å²) in [5, 5.41) is 0. The quantitative estimate of drug-likeness (QED) is 0.806. The predicted molar refractivity (Wildman–Crippen MR) is 107 cm³/mol. The Morgan fingerprint density at radius 2 is 1.62 bits per heavy atom. The monoisotopic (exact) mass is 345 g/mol. The first-order valence-electron chi connectivity index (χ1n) is 9.85. The van der Waals surface area contributed by atoms with Gasteiger partial charge in [-0.05, 0) is 67.0 Å². The fourth-order valence-electron chi connectivity index (χ4n) is 4.51. The third-order valence-corrected chi connectivity index (χ3v) is 5.89. The van der Waals surface area contributed by atoms with Crippen molar-refractivity contribution in [3.63, 3.8) is 0 Å². The molecule has 1 saturated heterocycles. The number of nitrogens with zero attached hydrogens (tertiary/aromatic N) is 1. The Balaban J connectivity index is 1.72. The molecule has 0 radical (unpaired) electrons. The van der Waals surface area contributed by atoms with Crippen LogP contribution in [0.2, 0.25) is 0 Å². The van der Waals surface area contributed by atoms with E-state index in [0.29, 0.717) is 5.78 Å². The van der Waals surface area contributed by atoms with Gasteiger partial charge in [-0.1, -0.05) is 61.0 Å². The second-order valence-corrected chi connectivity index (χ2v) is 7.55. The molecule has 2 nitrogen and oxygen atoms in total. The lowest BCUT2D eigenvalue weighted by molar-refractivity contribution is -0.123. The lowest BCUT2D eigenvalue weighted by atomic mass is 9.93. The molecule has 0 spiro atoms. The van der Waals surface area contributed by atoms with Crippen LogP contribution in [-0.4, -0.2) is 29.8 Å². The normalized spacial score (nSPS) is 20.0. The molecule has 2 aliphatic rings. The van der Waals surface area contributed by atoms with Gasteiger partial charge in [0.25, 0.3) is 0 Å². The van der Waals surface area contributed by atoms with Crippen molar-refractivity contribution in [3.8, 4) is 0 Å². The summed E-state index contributed by atoms with van der Waals surface area (Å²) in [6.45, 7) is 3.62. The van der Waals surface area contributed by atoms with Crippen molar-refractivity contribution in [1.29, 1.82) is 0 Å². The van der Waals surface area contributed by atoms with Gasteiger partial charge < -0.3 is 0 Å². The number of aryl methyl sites for hydroxylation is 2. The number of fused-ring (bicyclic) bond motifs is 2. The zero-order chi connectivity index (χ0) is 17.9. The molecule has 26 heavy (non-hydrogen) atoms. The van der Waals surface area contributed by atoms with Crippen LogP contribution >= 0.6 is 0 Å². The topological polar surface area (TPSA) is 20.3 Å². The molecule has 1 fully saturated rings. The summed E-state index contributed by atoms with van der Waals surface area (Å²) >= 11 is 0. The van der Waals surface area contributed by atoms with Crippen LogP contribution in [-0.2, 0) is 17.6 Å². The van der Waals surface area contributed by atoms with Crippen LogP contribution in [0.1, 0.15) is 48.4 Å². The van der Waals surface area contributed by atoms with Gasteiger partial charge in [0.1, 0.15) is 5.78 Å². The predicted octanol–water partition coefficient (Wildman–Crippen LogP) is 4.66. The second-order valence-electron chi connectivity index (χ2n) is 7.55. The van der Waals surface area contributed by atoms with Crippen LogP contribution in [0, 0.1) is 0 Å². The average Bonchev–Trinajstić information content (AvgIpc) is 2.83. The fraction of sp³-hybridized carbons (Fsp3) is 0.375. The summed E-state index contributed by atoms with van der Waals surface area (Å²) in [6, 6.07) is 17.7. The van der Waals surface area contributed by atoms with Crippen molar-refractivity contribution < 1.29 is 4.79 Å². The summed E-state index contributed by atoms with van der Waals surface area (Å²) < 4.78 is 0. The molecular formula is C24H27NO. The smallest absolute Gasteiger partial charge is 0.146 e. The van der Waals surface area contributed by atoms with Gasteiger partial charge in [-0.15, -0.1) is 0 Å². The number of carbonyl (C=O) groups is 1. The maximum absolute atomic E-state index is 12.0. The van der Waals surface area contributed by atoms with Gasteiger partial charge in [0.2, 0.25) is 0 Å². The minimum Gasteiger partial charge on any atom is -0.298 e. The van der Waals surface area contributed by atoms with Crippen molar-refractivity contribution in [2.75, 3.05) is 13.1 Å². The average molecular weight is 345 g/mol. The van der Waals surface area contributed by atoms with E-state index in [0.717, 1.165) is 32.4 Å². The Labute approximate surface area is 156 Å². The number of carbonyl (C=O) groups excluding carboxylic acids is 1. The van der Waals surface area contributed by atoms with Crippen molar-refractivity contribution in [2.45, 2.75) is 45.1 Å². The van der Waals surface area contributed by atoms with E-state index >= 15 is 0 Å².